The topological polar surface area (TPSA) is 84.1 Å². The summed E-state index contributed by atoms with van der Waals surface area (Å²) in [5.74, 6) is 0.159. The molecule has 1 aliphatic rings. The highest BCUT2D eigenvalue weighted by molar-refractivity contribution is 7.09. The number of aryl methyl sites for hydroxylation is 1. The molecule has 1 amide bonds. The third-order valence-electron chi connectivity index (χ3n) is 4.43. The third-order valence-corrected chi connectivity index (χ3v) is 5.25. The number of thiazole rings is 1. The molecule has 0 saturated carbocycles. The summed E-state index contributed by atoms with van der Waals surface area (Å²) in [6.45, 7) is 6.02. The van der Waals surface area contributed by atoms with Gasteiger partial charge >= 0.3 is 0 Å². The van der Waals surface area contributed by atoms with Crippen LogP contribution in [0.25, 0.3) is 0 Å². The lowest BCUT2D eigenvalue weighted by Crippen LogP contribution is -2.35. The molecule has 128 valence electrons. The van der Waals surface area contributed by atoms with Crippen LogP contribution < -0.4 is 11.1 Å². The van der Waals surface area contributed by atoms with Crippen molar-refractivity contribution in [3.05, 3.63) is 40.1 Å². The van der Waals surface area contributed by atoms with Gasteiger partial charge in [-0.2, -0.15) is 0 Å². The Morgan fingerprint density at radius 2 is 2.25 bits per heavy atom. The lowest BCUT2D eigenvalue weighted by molar-refractivity contribution is 0.100. The first-order chi connectivity index (χ1) is 11.6. The number of nitrogens with two attached hydrogens (primary N) is 1. The molecule has 3 heterocycles. The minimum absolute atomic E-state index is 0.445. The maximum absolute atomic E-state index is 11.4. The summed E-state index contributed by atoms with van der Waals surface area (Å²) in [7, 11) is 0. The first kappa shape index (κ1) is 16.9. The molecule has 1 aliphatic heterocycles. The van der Waals surface area contributed by atoms with Gasteiger partial charge in [0.2, 0.25) is 0 Å². The zero-order valence-corrected chi connectivity index (χ0v) is 14.7. The Kier molecular flexibility index (Phi) is 5.42. The number of amides is 1. The zero-order chi connectivity index (χ0) is 16.9. The number of primary amides is 1. The van der Waals surface area contributed by atoms with Gasteiger partial charge in [-0.1, -0.05) is 0 Å². The van der Waals surface area contributed by atoms with E-state index in [1.165, 1.54) is 11.9 Å². The van der Waals surface area contributed by atoms with Gasteiger partial charge < -0.3 is 11.1 Å². The van der Waals surface area contributed by atoms with Gasteiger partial charge in [-0.3, -0.25) is 14.7 Å². The van der Waals surface area contributed by atoms with Gasteiger partial charge in [0.25, 0.3) is 5.91 Å². The van der Waals surface area contributed by atoms with Crippen LogP contribution in [0.2, 0.25) is 0 Å². The molecule has 2 aromatic heterocycles. The predicted octanol–water partition coefficient (Wildman–Crippen LogP) is 2.27. The van der Waals surface area contributed by atoms with E-state index in [0.717, 1.165) is 49.7 Å². The first-order valence-corrected chi connectivity index (χ1v) is 9.11. The van der Waals surface area contributed by atoms with Crippen molar-refractivity contribution >= 4 is 22.9 Å². The van der Waals surface area contributed by atoms with E-state index < -0.39 is 5.91 Å². The van der Waals surface area contributed by atoms with Gasteiger partial charge in [0, 0.05) is 30.9 Å². The summed E-state index contributed by atoms with van der Waals surface area (Å²) < 4.78 is 0. The second-order valence-corrected chi connectivity index (χ2v) is 7.31. The fraction of sp³-hybridized carbons (Fsp3) is 0.471. The van der Waals surface area contributed by atoms with Crippen LogP contribution in [0, 0.1) is 12.8 Å². The van der Waals surface area contributed by atoms with Crippen LogP contribution in [0.5, 0.6) is 0 Å². The van der Waals surface area contributed by atoms with Gasteiger partial charge in [-0.25, -0.2) is 4.98 Å². The van der Waals surface area contributed by atoms with Crippen molar-refractivity contribution in [2.45, 2.75) is 26.3 Å². The Balaban J connectivity index is 1.47. The normalized spacial score (nSPS) is 16.2. The molecule has 0 atom stereocenters. The molecular weight excluding hydrogens is 322 g/mol. The maximum Gasteiger partial charge on any atom is 0.252 e. The Hall–Kier alpha value is -1.99. The monoisotopic (exact) mass is 345 g/mol. The van der Waals surface area contributed by atoms with Crippen LogP contribution in [0.3, 0.4) is 0 Å². The van der Waals surface area contributed by atoms with E-state index in [-0.39, 0.29) is 0 Å². The smallest absolute Gasteiger partial charge is 0.252 e. The number of aromatic nitrogens is 2. The average Bonchev–Trinajstić information content (AvgIpc) is 2.99. The minimum atomic E-state index is -0.445. The number of nitrogens with zero attached hydrogens (tertiary/aromatic N) is 3. The molecule has 3 N–H and O–H groups in total. The van der Waals surface area contributed by atoms with Crippen molar-refractivity contribution in [1.82, 2.24) is 14.9 Å². The van der Waals surface area contributed by atoms with Crippen LogP contribution in [-0.4, -0.2) is 40.4 Å². The molecule has 0 bridgehead atoms. The number of carbonyl (C=O) groups excluding carboxylic acids is 1. The average molecular weight is 345 g/mol. The molecule has 0 aliphatic carbocycles. The number of rotatable bonds is 6. The zero-order valence-electron chi connectivity index (χ0n) is 13.9. The van der Waals surface area contributed by atoms with Crippen molar-refractivity contribution < 1.29 is 4.79 Å². The van der Waals surface area contributed by atoms with Crippen molar-refractivity contribution in [3.8, 4) is 0 Å². The van der Waals surface area contributed by atoms with Gasteiger partial charge in [0.15, 0.2) is 0 Å². The molecule has 7 heteroatoms. The van der Waals surface area contributed by atoms with Crippen molar-refractivity contribution in [2.75, 3.05) is 25.0 Å². The van der Waals surface area contributed by atoms with Crippen LogP contribution in [0.4, 0.5) is 5.69 Å². The SMILES string of the molecule is Cc1nc(CN2CCC(CNc3ccncc3C(N)=O)CC2)cs1. The van der Waals surface area contributed by atoms with Crippen molar-refractivity contribution in [1.29, 1.82) is 0 Å². The second-order valence-electron chi connectivity index (χ2n) is 6.24. The summed E-state index contributed by atoms with van der Waals surface area (Å²) in [6, 6.07) is 1.81. The van der Waals surface area contributed by atoms with Gasteiger partial charge in [-0.15, -0.1) is 11.3 Å². The number of anilines is 1. The molecule has 3 rings (SSSR count). The Bertz CT molecular complexity index is 694. The standard InChI is InChI=1S/C17H23N5OS/c1-12-21-14(11-24-12)10-22-6-3-13(4-7-22)8-20-16-2-5-19-9-15(16)17(18)23/h2,5,9,11,13H,3-4,6-8,10H2,1H3,(H2,18,23)(H,19,20). The van der Waals surface area contributed by atoms with Crippen LogP contribution in [-0.2, 0) is 6.54 Å². The number of piperidine rings is 1. The van der Waals surface area contributed by atoms with Crippen molar-refractivity contribution in [2.24, 2.45) is 11.7 Å². The Labute approximate surface area is 146 Å². The highest BCUT2D eigenvalue weighted by Gasteiger charge is 2.20. The van der Waals surface area contributed by atoms with E-state index in [0.29, 0.717) is 11.5 Å². The lowest BCUT2D eigenvalue weighted by Gasteiger charge is -2.31. The molecule has 1 fully saturated rings. The first-order valence-electron chi connectivity index (χ1n) is 8.23. The molecule has 0 aromatic carbocycles. The fourth-order valence-corrected chi connectivity index (χ4v) is 3.66. The molecule has 1 saturated heterocycles. The van der Waals surface area contributed by atoms with Crippen molar-refractivity contribution in [3.63, 3.8) is 0 Å². The number of hydrogen-bond donors (Lipinski definition) is 2. The molecule has 0 radical (unpaired) electrons. The lowest BCUT2D eigenvalue weighted by atomic mass is 9.96. The number of hydrogen-bond acceptors (Lipinski definition) is 6. The van der Waals surface area contributed by atoms with E-state index in [2.05, 4.69) is 25.6 Å². The highest BCUT2D eigenvalue weighted by Crippen LogP contribution is 2.21. The van der Waals surface area contributed by atoms with Crippen LogP contribution in [0.15, 0.2) is 23.8 Å². The number of pyridine rings is 1. The van der Waals surface area contributed by atoms with Crippen LogP contribution >= 0.6 is 11.3 Å². The molecule has 6 nitrogen and oxygen atoms in total. The molecule has 2 aromatic rings. The second kappa shape index (κ2) is 7.72. The van der Waals surface area contributed by atoms with E-state index >= 15 is 0 Å². The quantitative estimate of drug-likeness (QED) is 0.839. The summed E-state index contributed by atoms with van der Waals surface area (Å²) in [5, 5.41) is 6.64. The Morgan fingerprint density at radius 1 is 1.46 bits per heavy atom. The van der Waals surface area contributed by atoms with E-state index in [1.54, 1.807) is 23.6 Å². The number of likely N-dealkylation sites (tertiary alicyclic amines) is 1. The molecular formula is C17H23N5OS. The van der Waals surface area contributed by atoms with Gasteiger partial charge in [-0.05, 0) is 44.8 Å². The minimum Gasteiger partial charge on any atom is -0.384 e. The third kappa shape index (κ3) is 4.30. The fourth-order valence-electron chi connectivity index (χ4n) is 3.06. The van der Waals surface area contributed by atoms with E-state index in [4.69, 9.17) is 5.73 Å². The summed E-state index contributed by atoms with van der Waals surface area (Å²) in [6.07, 6.45) is 5.48. The number of nitrogens with one attached hydrogen (secondary N) is 1. The molecule has 24 heavy (non-hydrogen) atoms. The molecule has 0 spiro atoms. The van der Waals surface area contributed by atoms with Gasteiger partial charge in [0.05, 0.1) is 22.0 Å². The van der Waals surface area contributed by atoms with E-state index in [1.807, 2.05) is 6.92 Å². The van der Waals surface area contributed by atoms with Crippen LogP contribution in [0.1, 0.15) is 33.9 Å². The Morgan fingerprint density at radius 3 is 2.92 bits per heavy atom. The predicted molar refractivity (Wildman–Crippen MR) is 96.1 cm³/mol. The largest absolute Gasteiger partial charge is 0.384 e. The molecule has 0 unspecified atom stereocenters. The maximum atomic E-state index is 11.4. The van der Waals surface area contributed by atoms with Gasteiger partial charge in [0.1, 0.15) is 0 Å². The van der Waals surface area contributed by atoms with E-state index in [9.17, 15) is 4.79 Å². The summed E-state index contributed by atoms with van der Waals surface area (Å²) >= 11 is 1.71. The summed E-state index contributed by atoms with van der Waals surface area (Å²) in [4.78, 5) is 22.4. The highest BCUT2D eigenvalue weighted by atomic mass is 32.1. The number of carbonyl (C=O) groups is 1. The summed E-state index contributed by atoms with van der Waals surface area (Å²) in [5.41, 5.74) is 7.79.